The summed E-state index contributed by atoms with van der Waals surface area (Å²) in [7, 11) is 0. The Morgan fingerprint density at radius 3 is 2.04 bits per heavy atom. The van der Waals surface area contributed by atoms with E-state index < -0.39 is 0 Å². The van der Waals surface area contributed by atoms with Crippen molar-refractivity contribution < 1.29 is 4.79 Å². The second-order valence-corrected chi connectivity index (χ2v) is 7.63. The highest BCUT2D eigenvalue weighted by molar-refractivity contribution is 9.09. The maximum absolute atomic E-state index is 11.4. The van der Waals surface area contributed by atoms with Crippen LogP contribution >= 0.6 is 15.9 Å². The molecule has 3 nitrogen and oxygen atoms in total. The van der Waals surface area contributed by atoms with E-state index in [9.17, 15) is 4.79 Å². The molecule has 0 spiro atoms. The quantitative estimate of drug-likeness (QED) is 0.551. The van der Waals surface area contributed by atoms with E-state index in [1.54, 1.807) is 0 Å². The van der Waals surface area contributed by atoms with Gasteiger partial charge in [-0.2, -0.15) is 0 Å². The first-order chi connectivity index (χ1) is 11.3. The first-order valence-corrected chi connectivity index (χ1v) is 9.17. The van der Waals surface area contributed by atoms with Gasteiger partial charge in [0.1, 0.15) is 0 Å². The third kappa shape index (κ3) is 9.36. The summed E-state index contributed by atoms with van der Waals surface area (Å²) in [6.45, 7) is 6.66. The van der Waals surface area contributed by atoms with Crippen molar-refractivity contribution in [3.05, 3.63) is 60.2 Å². The molecular formula is C20H27BrN2O. The van der Waals surface area contributed by atoms with Gasteiger partial charge < -0.3 is 11.1 Å². The number of halogens is 1. The van der Waals surface area contributed by atoms with Gasteiger partial charge >= 0.3 is 0 Å². The smallest absolute Gasteiger partial charge is 0.225 e. The van der Waals surface area contributed by atoms with Crippen LogP contribution in [0.25, 0.3) is 0 Å². The van der Waals surface area contributed by atoms with Gasteiger partial charge in [0.25, 0.3) is 0 Å². The number of hydrogen-bond acceptors (Lipinski definition) is 2. The summed E-state index contributed by atoms with van der Waals surface area (Å²) in [4.78, 5) is 11.4. The predicted molar refractivity (Wildman–Crippen MR) is 107 cm³/mol. The van der Waals surface area contributed by atoms with E-state index in [0.29, 0.717) is 17.2 Å². The van der Waals surface area contributed by atoms with Crippen molar-refractivity contribution in [1.82, 2.24) is 0 Å². The molecule has 0 radical (unpaired) electrons. The van der Waals surface area contributed by atoms with Crippen LogP contribution in [0.2, 0.25) is 0 Å². The van der Waals surface area contributed by atoms with Gasteiger partial charge in [-0.3, -0.25) is 4.79 Å². The molecule has 0 aromatic heterocycles. The molecule has 24 heavy (non-hydrogen) atoms. The van der Waals surface area contributed by atoms with Crippen molar-refractivity contribution in [2.24, 2.45) is 5.41 Å². The monoisotopic (exact) mass is 390 g/mol. The van der Waals surface area contributed by atoms with E-state index in [-0.39, 0.29) is 5.91 Å². The van der Waals surface area contributed by atoms with Crippen LogP contribution in [-0.4, -0.2) is 11.2 Å². The molecule has 0 aliphatic heterocycles. The number of rotatable bonds is 4. The summed E-state index contributed by atoms with van der Waals surface area (Å²) in [6, 6.07) is 17.6. The molecule has 3 N–H and O–H groups in total. The maximum atomic E-state index is 11.4. The lowest BCUT2D eigenvalue weighted by molar-refractivity contribution is -0.115. The third-order valence-corrected chi connectivity index (χ3v) is 3.49. The van der Waals surface area contributed by atoms with Gasteiger partial charge in [0.2, 0.25) is 5.91 Å². The van der Waals surface area contributed by atoms with Gasteiger partial charge in [0.15, 0.2) is 0 Å². The predicted octanol–water partition coefficient (Wildman–Crippen LogP) is 5.27. The number of nitrogen functional groups attached to an aromatic ring is 1. The molecule has 2 rings (SSSR count). The summed E-state index contributed by atoms with van der Waals surface area (Å²) in [6.07, 6.45) is 1.55. The van der Waals surface area contributed by atoms with Crippen LogP contribution in [0, 0.1) is 5.41 Å². The Bertz CT molecular complexity index is 604. The number of nitrogens with two attached hydrogens (primary N) is 1. The van der Waals surface area contributed by atoms with E-state index in [2.05, 4.69) is 54.2 Å². The summed E-state index contributed by atoms with van der Waals surface area (Å²) in [5.74, 6) is 0.0467. The Morgan fingerprint density at radius 2 is 1.62 bits per heavy atom. The van der Waals surface area contributed by atoms with E-state index in [0.717, 1.165) is 17.8 Å². The lowest BCUT2D eigenvalue weighted by Gasteiger charge is -2.18. The van der Waals surface area contributed by atoms with Gasteiger partial charge in [-0.1, -0.05) is 67.0 Å². The number of para-hydroxylation sites is 1. The zero-order valence-electron chi connectivity index (χ0n) is 14.7. The molecule has 0 bridgehead atoms. The van der Waals surface area contributed by atoms with E-state index in [4.69, 9.17) is 5.73 Å². The van der Waals surface area contributed by atoms with E-state index >= 15 is 0 Å². The van der Waals surface area contributed by atoms with Gasteiger partial charge in [-0.05, 0) is 41.7 Å². The van der Waals surface area contributed by atoms with Crippen LogP contribution in [0.3, 0.4) is 0 Å². The second kappa shape index (κ2) is 10.1. The Morgan fingerprint density at radius 1 is 1.04 bits per heavy atom. The fraction of sp³-hybridized carbons (Fsp3) is 0.350. The molecule has 0 aliphatic carbocycles. The zero-order valence-corrected chi connectivity index (χ0v) is 16.3. The van der Waals surface area contributed by atoms with Crippen LogP contribution in [-0.2, 0) is 11.2 Å². The molecule has 0 heterocycles. The van der Waals surface area contributed by atoms with Crippen LogP contribution < -0.4 is 11.1 Å². The summed E-state index contributed by atoms with van der Waals surface area (Å²) >= 11 is 3.25. The van der Waals surface area contributed by atoms with Gasteiger partial charge in [-0.15, -0.1) is 0 Å². The first kappa shape index (κ1) is 20.2. The third-order valence-electron chi connectivity index (χ3n) is 3.09. The molecular weight excluding hydrogens is 364 g/mol. The molecule has 2 aromatic carbocycles. The molecule has 2 aromatic rings. The average Bonchev–Trinajstić information content (AvgIpc) is 2.49. The molecule has 0 atom stereocenters. The lowest BCUT2D eigenvalue weighted by Crippen LogP contribution is -2.12. The minimum absolute atomic E-state index is 0.0467. The normalized spacial score (nSPS) is 10.5. The van der Waals surface area contributed by atoms with Crippen LogP contribution in [0.15, 0.2) is 54.6 Å². The zero-order chi connectivity index (χ0) is 18.0. The van der Waals surface area contributed by atoms with E-state index in [1.807, 2.05) is 42.5 Å². The Balaban J connectivity index is 0.000000341. The molecule has 1 amide bonds. The molecule has 0 aliphatic rings. The van der Waals surface area contributed by atoms with Crippen molar-refractivity contribution in [2.75, 3.05) is 16.4 Å². The SMILES string of the molecule is CC(C)(C)Cc1ccc(NC(=O)CCBr)cc1.Nc1ccccc1. The Labute approximate surface area is 153 Å². The number of nitrogens with one attached hydrogen (secondary N) is 1. The van der Waals surface area contributed by atoms with Crippen molar-refractivity contribution >= 4 is 33.2 Å². The Hall–Kier alpha value is -1.81. The summed E-state index contributed by atoms with van der Waals surface area (Å²) in [5.41, 5.74) is 8.64. The fourth-order valence-electron chi connectivity index (χ4n) is 2.08. The van der Waals surface area contributed by atoms with Crippen LogP contribution in [0.4, 0.5) is 11.4 Å². The highest BCUT2D eigenvalue weighted by atomic mass is 79.9. The van der Waals surface area contributed by atoms with Gasteiger partial charge in [-0.25, -0.2) is 0 Å². The summed E-state index contributed by atoms with van der Waals surface area (Å²) < 4.78 is 0. The second-order valence-electron chi connectivity index (χ2n) is 6.83. The average molecular weight is 391 g/mol. The van der Waals surface area contributed by atoms with Crippen molar-refractivity contribution in [2.45, 2.75) is 33.6 Å². The number of alkyl halides is 1. The minimum atomic E-state index is 0.0467. The molecule has 0 saturated heterocycles. The van der Waals surface area contributed by atoms with Crippen molar-refractivity contribution in [3.8, 4) is 0 Å². The number of benzene rings is 2. The fourth-order valence-corrected chi connectivity index (χ4v) is 2.44. The minimum Gasteiger partial charge on any atom is -0.399 e. The number of carbonyl (C=O) groups excluding carboxylic acids is 1. The molecule has 0 saturated carbocycles. The number of hydrogen-bond donors (Lipinski definition) is 2. The first-order valence-electron chi connectivity index (χ1n) is 8.05. The lowest BCUT2D eigenvalue weighted by atomic mass is 9.88. The largest absolute Gasteiger partial charge is 0.399 e. The maximum Gasteiger partial charge on any atom is 0.225 e. The van der Waals surface area contributed by atoms with Crippen LogP contribution in [0.1, 0.15) is 32.8 Å². The van der Waals surface area contributed by atoms with Gasteiger partial charge in [0.05, 0.1) is 0 Å². The van der Waals surface area contributed by atoms with Crippen molar-refractivity contribution in [1.29, 1.82) is 0 Å². The number of anilines is 2. The molecule has 4 heteroatoms. The number of amides is 1. The van der Waals surface area contributed by atoms with Crippen LogP contribution in [0.5, 0.6) is 0 Å². The topological polar surface area (TPSA) is 55.1 Å². The summed E-state index contributed by atoms with van der Waals surface area (Å²) in [5, 5.41) is 3.56. The molecule has 0 unspecified atom stereocenters. The standard InChI is InChI=1S/C14H20BrNO.C6H7N/c1-14(2,3)10-11-4-6-12(7-5-11)16-13(17)8-9-15;7-6-4-2-1-3-5-6/h4-7H,8-10H2,1-3H3,(H,16,17);1-5H,7H2. The van der Waals surface area contributed by atoms with E-state index in [1.165, 1.54) is 5.56 Å². The molecule has 130 valence electrons. The number of carbonyl (C=O) groups is 1. The Kier molecular flexibility index (Phi) is 8.55. The van der Waals surface area contributed by atoms with Crippen molar-refractivity contribution in [3.63, 3.8) is 0 Å². The highest BCUT2D eigenvalue weighted by Crippen LogP contribution is 2.21. The van der Waals surface area contributed by atoms with Gasteiger partial charge in [0, 0.05) is 23.1 Å². The highest BCUT2D eigenvalue weighted by Gasteiger charge is 2.11. The molecule has 0 fully saturated rings.